The molecule has 0 aliphatic heterocycles. The van der Waals surface area contributed by atoms with E-state index in [2.05, 4.69) is 33.2 Å². The van der Waals surface area contributed by atoms with Crippen LogP contribution in [0.1, 0.15) is 23.6 Å². The molecule has 4 heteroatoms. The molecule has 17 heavy (non-hydrogen) atoms. The van der Waals surface area contributed by atoms with E-state index in [9.17, 15) is 0 Å². The molecule has 1 heterocycles. The van der Waals surface area contributed by atoms with Crippen LogP contribution in [0.5, 0.6) is 0 Å². The minimum absolute atomic E-state index is 0.0864. The smallest absolute Gasteiger partial charge is 0.0521 e. The number of nitrogens with zero attached hydrogens (tertiary/aromatic N) is 2. The van der Waals surface area contributed by atoms with E-state index in [1.165, 1.54) is 11.1 Å². The van der Waals surface area contributed by atoms with Crippen LogP contribution in [0.3, 0.4) is 0 Å². The summed E-state index contributed by atoms with van der Waals surface area (Å²) >= 11 is 3.42. The Balaban J connectivity index is 1.93. The van der Waals surface area contributed by atoms with E-state index in [4.69, 9.17) is 5.73 Å². The van der Waals surface area contributed by atoms with Gasteiger partial charge in [-0.05, 0) is 36.1 Å². The van der Waals surface area contributed by atoms with Crippen molar-refractivity contribution in [1.82, 2.24) is 9.78 Å². The predicted molar refractivity (Wildman–Crippen MR) is 72.6 cm³/mol. The van der Waals surface area contributed by atoms with Crippen molar-refractivity contribution in [1.29, 1.82) is 0 Å². The Morgan fingerprint density at radius 2 is 2.06 bits per heavy atom. The molecule has 1 aromatic heterocycles. The Kier molecular flexibility index (Phi) is 3.97. The van der Waals surface area contributed by atoms with Gasteiger partial charge in [-0.2, -0.15) is 5.10 Å². The molecule has 0 saturated heterocycles. The summed E-state index contributed by atoms with van der Waals surface area (Å²) in [5, 5.41) is 4.15. The monoisotopic (exact) mass is 293 g/mol. The molecule has 0 aliphatic carbocycles. The van der Waals surface area contributed by atoms with Crippen LogP contribution >= 0.6 is 15.9 Å². The van der Waals surface area contributed by atoms with Crippen molar-refractivity contribution >= 4 is 15.9 Å². The van der Waals surface area contributed by atoms with Gasteiger partial charge in [0.15, 0.2) is 0 Å². The van der Waals surface area contributed by atoms with Crippen molar-refractivity contribution < 1.29 is 0 Å². The number of hydrogen-bond acceptors (Lipinski definition) is 2. The molecule has 2 N–H and O–H groups in total. The van der Waals surface area contributed by atoms with Crippen LogP contribution < -0.4 is 5.73 Å². The molecule has 0 amide bonds. The number of hydrogen-bond donors (Lipinski definition) is 1. The Labute approximate surface area is 110 Å². The fraction of sp³-hybridized carbons (Fsp3) is 0.308. The molecule has 0 bridgehead atoms. The third kappa shape index (κ3) is 3.41. The molecule has 0 saturated carbocycles. The first kappa shape index (κ1) is 12.3. The third-order valence-electron chi connectivity index (χ3n) is 2.80. The quantitative estimate of drug-likeness (QED) is 0.942. The molecule has 2 rings (SSSR count). The van der Waals surface area contributed by atoms with E-state index in [0.29, 0.717) is 0 Å². The molecule has 0 aliphatic rings. The van der Waals surface area contributed by atoms with Gasteiger partial charge in [-0.3, -0.25) is 4.68 Å². The van der Waals surface area contributed by atoms with Crippen LogP contribution in [-0.4, -0.2) is 9.78 Å². The van der Waals surface area contributed by atoms with Crippen molar-refractivity contribution in [3.8, 4) is 0 Å². The van der Waals surface area contributed by atoms with Gasteiger partial charge in [-0.15, -0.1) is 0 Å². The van der Waals surface area contributed by atoms with E-state index in [1.54, 1.807) is 0 Å². The Bertz CT molecular complexity index is 476. The normalized spacial score (nSPS) is 12.6. The SMILES string of the molecule is Cn1cc(CCC(N)c2ccc(Br)cc2)cn1. The van der Waals surface area contributed by atoms with Crippen LogP contribution in [0.25, 0.3) is 0 Å². The molecule has 90 valence electrons. The molecule has 3 nitrogen and oxygen atoms in total. The second-order valence-corrected chi connectivity index (χ2v) is 5.13. The minimum atomic E-state index is 0.0864. The van der Waals surface area contributed by atoms with E-state index >= 15 is 0 Å². The maximum atomic E-state index is 6.16. The highest BCUT2D eigenvalue weighted by Gasteiger charge is 2.06. The zero-order valence-electron chi connectivity index (χ0n) is 9.81. The summed E-state index contributed by atoms with van der Waals surface area (Å²) in [5.41, 5.74) is 8.57. The number of benzene rings is 1. The summed E-state index contributed by atoms with van der Waals surface area (Å²) in [6.07, 6.45) is 5.83. The third-order valence-corrected chi connectivity index (χ3v) is 3.33. The number of nitrogens with two attached hydrogens (primary N) is 1. The maximum Gasteiger partial charge on any atom is 0.0521 e. The zero-order valence-corrected chi connectivity index (χ0v) is 11.4. The largest absolute Gasteiger partial charge is 0.324 e. The fourth-order valence-corrected chi connectivity index (χ4v) is 2.06. The van der Waals surface area contributed by atoms with Crippen LogP contribution in [-0.2, 0) is 13.5 Å². The second kappa shape index (κ2) is 5.47. The molecule has 0 fully saturated rings. The van der Waals surface area contributed by atoms with Gasteiger partial charge in [-0.1, -0.05) is 28.1 Å². The van der Waals surface area contributed by atoms with Gasteiger partial charge >= 0.3 is 0 Å². The highest BCUT2D eigenvalue weighted by Crippen LogP contribution is 2.19. The van der Waals surface area contributed by atoms with E-state index in [-0.39, 0.29) is 6.04 Å². The van der Waals surface area contributed by atoms with E-state index in [0.717, 1.165) is 17.3 Å². The van der Waals surface area contributed by atoms with Crippen molar-refractivity contribution in [2.45, 2.75) is 18.9 Å². The fourth-order valence-electron chi connectivity index (χ4n) is 1.80. The van der Waals surface area contributed by atoms with E-state index < -0.39 is 0 Å². The zero-order chi connectivity index (χ0) is 12.3. The van der Waals surface area contributed by atoms with Crippen LogP contribution in [0, 0.1) is 0 Å². The molecule has 1 unspecified atom stereocenters. The lowest BCUT2D eigenvalue weighted by Crippen LogP contribution is -2.11. The lowest BCUT2D eigenvalue weighted by molar-refractivity contribution is 0.651. The minimum Gasteiger partial charge on any atom is -0.324 e. The Morgan fingerprint density at radius 3 is 2.65 bits per heavy atom. The standard InChI is InChI=1S/C13H16BrN3/c1-17-9-10(8-16-17)2-7-13(15)11-3-5-12(14)6-4-11/h3-6,8-9,13H,2,7,15H2,1H3. The van der Waals surface area contributed by atoms with Crippen molar-refractivity contribution in [2.24, 2.45) is 12.8 Å². The van der Waals surface area contributed by atoms with Crippen molar-refractivity contribution in [3.05, 3.63) is 52.3 Å². The van der Waals surface area contributed by atoms with Gasteiger partial charge in [0.05, 0.1) is 6.20 Å². The van der Waals surface area contributed by atoms with Crippen molar-refractivity contribution in [2.75, 3.05) is 0 Å². The second-order valence-electron chi connectivity index (χ2n) is 4.22. The van der Waals surface area contributed by atoms with Gasteiger partial charge in [0, 0.05) is 23.8 Å². The van der Waals surface area contributed by atoms with Gasteiger partial charge in [-0.25, -0.2) is 0 Å². The van der Waals surface area contributed by atoms with Gasteiger partial charge < -0.3 is 5.73 Å². The molecular formula is C13H16BrN3. The summed E-state index contributed by atoms with van der Waals surface area (Å²) in [6, 6.07) is 8.28. The molecule has 1 atom stereocenters. The van der Waals surface area contributed by atoms with Crippen LogP contribution in [0.4, 0.5) is 0 Å². The lowest BCUT2D eigenvalue weighted by atomic mass is 10.0. The highest BCUT2D eigenvalue weighted by molar-refractivity contribution is 9.10. The molecule has 0 spiro atoms. The summed E-state index contributed by atoms with van der Waals surface area (Å²) in [6.45, 7) is 0. The Hall–Kier alpha value is -1.13. The topological polar surface area (TPSA) is 43.8 Å². The molecule has 2 aromatic rings. The number of aryl methyl sites for hydroxylation is 2. The van der Waals surface area contributed by atoms with Gasteiger partial charge in [0.2, 0.25) is 0 Å². The molecule has 1 aromatic carbocycles. The van der Waals surface area contributed by atoms with Crippen LogP contribution in [0.15, 0.2) is 41.1 Å². The maximum absolute atomic E-state index is 6.16. The Morgan fingerprint density at radius 1 is 1.35 bits per heavy atom. The number of halogens is 1. The molecule has 0 radical (unpaired) electrons. The first-order valence-electron chi connectivity index (χ1n) is 5.64. The number of rotatable bonds is 4. The first-order chi connectivity index (χ1) is 8.15. The average Bonchev–Trinajstić information content (AvgIpc) is 2.73. The summed E-state index contributed by atoms with van der Waals surface area (Å²) < 4.78 is 2.90. The first-order valence-corrected chi connectivity index (χ1v) is 6.43. The summed E-state index contributed by atoms with van der Waals surface area (Å²) in [7, 11) is 1.93. The van der Waals surface area contributed by atoms with Gasteiger partial charge in [0.1, 0.15) is 0 Å². The number of aromatic nitrogens is 2. The predicted octanol–water partition coefficient (Wildman–Crippen LogP) is 2.82. The van der Waals surface area contributed by atoms with Gasteiger partial charge in [0.25, 0.3) is 0 Å². The highest BCUT2D eigenvalue weighted by atomic mass is 79.9. The van der Waals surface area contributed by atoms with Crippen LogP contribution in [0.2, 0.25) is 0 Å². The summed E-state index contributed by atoms with van der Waals surface area (Å²) in [5.74, 6) is 0. The van der Waals surface area contributed by atoms with E-state index in [1.807, 2.05) is 36.3 Å². The van der Waals surface area contributed by atoms with Crippen molar-refractivity contribution in [3.63, 3.8) is 0 Å². The molecular weight excluding hydrogens is 278 g/mol. The lowest BCUT2D eigenvalue weighted by Gasteiger charge is -2.11. The average molecular weight is 294 g/mol. The summed E-state index contributed by atoms with van der Waals surface area (Å²) in [4.78, 5) is 0.